The van der Waals surface area contributed by atoms with Crippen LogP contribution in [0.5, 0.6) is 0 Å². The maximum absolute atomic E-state index is 12.6. The van der Waals surface area contributed by atoms with Gasteiger partial charge in [0.05, 0.1) is 11.8 Å². The first kappa shape index (κ1) is 20.8. The summed E-state index contributed by atoms with van der Waals surface area (Å²) in [7, 11) is -4.19. The van der Waals surface area contributed by atoms with Gasteiger partial charge >= 0.3 is 6.03 Å². The minimum absolute atomic E-state index is 0.0124. The molecule has 0 saturated heterocycles. The van der Waals surface area contributed by atoms with Gasteiger partial charge in [-0.1, -0.05) is 42.5 Å². The van der Waals surface area contributed by atoms with Crippen molar-refractivity contribution >= 4 is 27.7 Å². The fraction of sp³-hybridized carbons (Fsp3) is 0.158. The molecule has 3 amide bonds. The highest BCUT2D eigenvalue weighted by Gasteiger charge is 2.29. The summed E-state index contributed by atoms with van der Waals surface area (Å²) in [6, 6.07) is 14.1. The number of Topliss-reactive ketones (excluding diaryl/α,β-unsaturated/α-hetero) is 1. The van der Waals surface area contributed by atoms with Gasteiger partial charge in [-0.05, 0) is 24.6 Å². The summed E-state index contributed by atoms with van der Waals surface area (Å²) in [5, 5.41) is 10.9. The number of carbonyl (C=O) groups is 3. The van der Waals surface area contributed by atoms with E-state index in [1.54, 1.807) is 36.4 Å². The van der Waals surface area contributed by atoms with E-state index in [1.807, 2.05) is 5.32 Å². The van der Waals surface area contributed by atoms with E-state index in [4.69, 9.17) is 5.26 Å². The summed E-state index contributed by atoms with van der Waals surface area (Å²) in [6.07, 6.45) is 0. The van der Waals surface area contributed by atoms with Crippen LogP contribution in [0.15, 0.2) is 54.6 Å². The number of benzene rings is 2. The van der Waals surface area contributed by atoms with E-state index in [2.05, 4.69) is 0 Å². The number of sulfonamides is 1. The molecule has 0 spiro atoms. The normalized spacial score (nSPS) is 10.6. The zero-order chi connectivity index (χ0) is 20.7. The van der Waals surface area contributed by atoms with Crippen molar-refractivity contribution in [2.24, 2.45) is 0 Å². The molecule has 0 fully saturated rings. The van der Waals surface area contributed by atoms with Gasteiger partial charge in [0.15, 0.2) is 5.78 Å². The molecule has 0 aliphatic carbocycles. The molecule has 9 heteroatoms. The SMILES string of the molecule is CC(=O)c1cccc(C(=O)NC(=O)N(CC#N)S(=O)(=O)Cc2ccccc2)c1. The lowest BCUT2D eigenvalue weighted by Crippen LogP contribution is -2.46. The molecule has 8 nitrogen and oxygen atoms in total. The van der Waals surface area contributed by atoms with Crippen molar-refractivity contribution in [1.82, 2.24) is 9.62 Å². The van der Waals surface area contributed by atoms with E-state index < -0.39 is 34.3 Å². The molecule has 2 aromatic carbocycles. The Morgan fingerprint density at radius 2 is 1.68 bits per heavy atom. The summed E-state index contributed by atoms with van der Waals surface area (Å²) >= 11 is 0. The molecule has 0 aromatic heterocycles. The van der Waals surface area contributed by atoms with Gasteiger partial charge in [-0.25, -0.2) is 17.5 Å². The smallest absolute Gasteiger partial charge is 0.295 e. The molecule has 0 aliphatic rings. The number of nitrogens with one attached hydrogen (secondary N) is 1. The molecular formula is C19H17N3O5S. The van der Waals surface area contributed by atoms with Gasteiger partial charge in [-0.3, -0.25) is 14.9 Å². The molecule has 0 bridgehead atoms. The van der Waals surface area contributed by atoms with Crippen LogP contribution in [0.2, 0.25) is 0 Å². The monoisotopic (exact) mass is 399 g/mol. The zero-order valence-corrected chi connectivity index (χ0v) is 15.8. The van der Waals surface area contributed by atoms with Crippen LogP contribution in [0.25, 0.3) is 0 Å². The van der Waals surface area contributed by atoms with Gasteiger partial charge in [0, 0.05) is 11.1 Å². The van der Waals surface area contributed by atoms with Crippen LogP contribution >= 0.6 is 0 Å². The van der Waals surface area contributed by atoms with Crippen molar-refractivity contribution in [3.05, 3.63) is 71.3 Å². The Bertz CT molecular complexity index is 1040. The molecule has 1 N–H and O–H groups in total. The van der Waals surface area contributed by atoms with Crippen molar-refractivity contribution in [2.45, 2.75) is 12.7 Å². The number of amides is 3. The molecule has 0 unspecified atom stereocenters. The zero-order valence-electron chi connectivity index (χ0n) is 15.0. The number of carbonyl (C=O) groups excluding carboxylic acids is 3. The molecular weight excluding hydrogens is 382 g/mol. The van der Waals surface area contributed by atoms with Gasteiger partial charge < -0.3 is 0 Å². The standard InChI is InChI=1S/C19H17N3O5S/c1-14(23)16-8-5-9-17(12-16)18(24)21-19(25)22(11-10-20)28(26,27)13-15-6-3-2-4-7-15/h2-9,12H,11,13H2,1H3,(H,21,24,25). The molecule has 0 heterocycles. The topological polar surface area (TPSA) is 124 Å². The maximum atomic E-state index is 12.6. The summed E-state index contributed by atoms with van der Waals surface area (Å²) in [4.78, 5) is 36.1. The van der Waals surface area contributed by atoms with E-state index in [-0.39, 0.29) is 16.9 Å². The number of hydrogen-bond acceptors (Lipinski definition) is 6. The van der Waals surface area contributed by atoms with Crippen molar-refractivity contribution in [3.8, 4) is 6.07 Å². The van der Waals surface area contributed by atoms with Crippen LogP contribution in [0.1, 0.15) is 33.2 Å². The summed E-state index contributed by atoms with van der Waals surface area (Å²) in [5.74, 6) is -1.65. The highest BCUT2D eigenvalue weighted by atomic mass is 32.2. The number of imide groups is 1. The minimum atomic E-state index is -4.19. The predicted octanol–water partition coefficient (Wildman–Crippen LogP) is 2.09. The molecule has 28 heavy (non-hydrogen) atoms. The van der Waals surface area contributed by atoms with Crippen LogP contribution in [-0.4, -0.2) is 37.0 Å². The van der Waals surface area contributed by atoms with E-state index in [9.17, 15) is 22.8 Å². The Balaban J connectivity index is 2.20. The lowest BCUT2D eigenvalue weighted by atomic mass is 10.1. The highest BCUT2D eigenvalue weighted by molar-refractivity contribution is 7.88. The Hall–Kier alpha value is -3.51. The second-order valence-electron chi connectivity index (χ2n) is 5.80. The first-order valence-electron chi connectivity index (χ1n) is 8.12. The lowest BCUT2D eigenvalue weighted by molar-refractivity contribution is 0.0960. The van der Waals surface area contributed by atoms with Crippen LogP contribution < -0.4 is 5.32 Å². The van der Waals surface area contributed by atoms with Gasteiger partial charge in [0.25, 0.3) is 5.91 Å². The lowest BCUT2D eigenvalue weighted by Gasteiger charge is -2.19. The van der Waals surface area contributed by atoms with E-state index in [1.165, 1.54) is 31.2 Å². The third kappa shape index (κ3) is 5.25. The molecule has 144 valence electrons. The number of hydrogen-bond donors (Lipinski definition) is 1. The molecule has 0 radical (unpaired) electrons. The molecule has 2 rings (SSSR count). The second kappa shape index (κ2) is 8.92. The maximum Gasteiger partial charge on any atom is 0.338 e. The van der Waals surface area contributed by atoms with Crippen LogP contribution in [-0.2, 0) is 15.8 Å². The van der Waals surface area contributed by atoms with Gasteiger partial charge in [-0.15, -0.1) is 0 Å². The predicted molar refractivity (Wildman–Crippen MR) is 101 cm³/mol. The largest absolute Gasteiger partial charge is 0.338 e. The number of urea groups is 1. The first-order valence-corrected chi connectivity index (χ1v) is 9.73. The number of ketones is 1. The summed E-state index contributed by atoms with van der Waals surface area (Å²) < 4.78 is 25.4. The van der Waals surface area contributed by atoms with Gasteiger partial charge in [0.1, 0.15) is 6.54 Å². The fourth-order valence-corrected chi connectivity index (χ4v) is 3.66. The van der Waals surface area contributed by atoms with Crippen molar-refractivity contribution in [2.75, 3.05) is 6.54 Å². The molecule has 0 aliphatic heterocycles. The molecule has 0 atom stereocenters. The Kier molecular flexibility index (Phi) is 6.63. The fourth-order valence-electron chi connectivity index (χ4n) is 2.33. The van der Waals surface area contributed by atoms with E-state index in [0.29, 0.717) is 9.87 Å². The summed E-state index contributed by atoms with van der Waals surface area (Å²) in [6.45, 7) is 0.578. The number of nitrogens with zero attached hydrogens (tertiary/aromatic N) is 2. The van der Waals surface area contributed by atoms with E-state index in [0.717, 1.165) is 0 Å². The number of nitriles is 1. The molecule has 0 saturated carbocycles. The van der Waals surface area contributed by atoms with Crippen LogP contribution in [0, 0.1) is 11.3 Å². The summed E-state index contributed by atoms with van der Waals surface area (Å²) in [5.41, 5.74) is 0.711. The van der Waals surface area contributed by atoms with Gasteiger partial charge in [0.2, 0.25) is 10.0 Å². The Labute approximate surface area is 162 Å². The first-order chi connectivity index (χ1) is 13.2. The quantitative estimate of drug-likeness (QED) is 0.586. The second-order valence-corrected chi connectivity index (χ2v) is 7.70. The number of rotatable bonds is 6. The third-order valence-corrected chi connectivity index (χ3v) is 5.38. The van der Waals surface area contributed by atoms with Gasteiger partial charge in [-0.2, -0.15) is 5.26 Å². The van der Waals surface area contributed by atoms with Crippen molar-refractivity contribution in [1.29, 1.82) is 5.26 Å². The van der Waals surface area contributed by atoms with Crippen molar-refractivity contribution in [3.63, 3.8) is 0 Å². The van der Waals surface area contributed by atoms with E-state index >= 15 is 0 Å². The third-order valence-electron chi connectivity index (χ3n) is 3.72. The van der Waals surface area contributed by atoms with Crippen LogP contribution in [0.3, 0.4) is 0 Å². The average molecular weight is 399 g/mol. The Morgan fingerprint density at radius 1 is 1.04 bits per heavy atom. The van der Waals surface area contributed by atoms with Crippen molar-refractivity contribution < 1.29 is 22.8 Å². The van der Waals surface area contributed by atoms with Crippen LogP contribution in [0.4, 0.5) is 4.79 Å². The highest BCUT2D eigenvalue weighted by Crippen LogP contribution is 2.12. The average Bonchev–Trinajstić information content (AvgIpc) is 2.66. The minimum Gasteiger partial charge on any atom is -0.295 e. The molecule has 2 aromatic rings. The Morgan fingerprint density at radius 3 is 2.29 bits per heavy atom.